The fraction of sp³-hybridized carbons (Fsp3) is 0.381. The first-order valence-electron chi connectivity index (χ1n) is 9.61. The lowest BCUT2D eigenvalue weighted by Crippen LogP contribution is -2.41. The van der Waals surface area contributed by atoms with Crippen LogP contribution < -0.4 is 10.6 Å². The van der Waals surface area contributed by atoms with Gasteiger partial charge in [-0.1, -0.05) is 25.1 Å². The molecule has 0 unspecified atom stereocenters. The van der Waals surface area contributed by atoms with E-state index in [1.54, 1.807) is 6.07 Å². The minimum atomic E-state index is -0.330. The Morgan fingerprint density at radius 1 is 1.14 bits per heavy atom. The summed E-state index contributed by atoms with van der Waals surface area (Å²) in [6.07, 6.45) is 2.30. The van der Waals surface area contributed by atoms with Crippen LogP contribution >= 0.6 is 0 Å². The molecule has 1 fully saturated rings. The number of para-hydroxylation sites is 1. The van der Waals surface area contributed by atoms with Gasteiger partial charge < -0.3 is 15.4 Å². The molecule has 0 radical (unpaired) electrons. The minimum Gasteiger partial charge on any atom is -0.379 e. The van der Waals surface area contributed by atoms with E-state index in [1.165, 1.54) is 12.3 Å². The van der Waals surface area contributed by atoms with Crippen molar-refractivity contribution in [2.75, 3.05) is 44.7 Å². The number of morpholine rings is 1. The summed E-state index contributed by atoms with van der Waals surface area (Å²) >= 11 is 0. The van der Waals surface area contributed by atoms with Crippen molar-refractivity contribution in [2.24, 2.45) is 0 Å². The van der Waals surface area contributed by atoms with E-state index in [-0.39, 0.29) is 17.5 Å². The predicted octanol–water partition coefficient (Wildman–Crippen LogP) is 1.96. The summed E-state index contributed by atoms with van der Waals surface area (Å²) in [5.41, 5.74) is 2.45. The fourth-order valence-electron chi connectivity index (χ4n) is 3.09. The Balaban J connectivity index is 1.57. The molecule has 148 valence electrons. The zero-order valence-electron chi connectivity index (χ0n) is 16.1. The standard InChI is InChI=1S/C21H26N4O3/c1-2-16-5-3-4-6-18(16)24-21(27)19-15-17(7-8-22-19)20(26)23-9-10-25-11-13-28-14-12-25/h3-8,15H,2,9-14H2,1H3,(H,23,26)(H,24,27). The van der Waals surface area contributed by atoms with Gasteiger partial charge in [0.2, 0.25) is 0 Å². The van der Waals surface area contributed by atoms with Crippen LogP contribution in [-0.4, -0.2) is 61.1 Å². The molecule has 1 saturated heterocycles. The molecule has 3 rings (SSSR count). The van der Waals surface area contributed by atoms with Crippen LogP contribution in [0.15, 0.2) is 42.6 Å². The van der Waals surface area contributed by atoms with E-state index in [4.69, 9.17) is 4.74 Å². The van der Waals surface area contributed by atoms with Gasteiger partial charge >= 0.3 is 0 Å². The smallest absolute Gasteiger partial charge is 0.274 e. The number of pyridine rings is 1. The molecule has 1 aromatic carbocycles. The first-order chi connectivity index (χ1) is 13.7. The molecule has 2 heterocycles. The lowest BCUT2D eigenvalue weighted by Gasteiger charge is -2.26. The number of rotatable bonds is 7. The molecule has 1 aliphatic rings. The zero-order valence-corrected chi connectivity index (χ0v) is 16.1. The van der Waals surface area contributed by atoms with Crippen molar-refractivity contribution in [3.63, 3.8) is 0 Å². The van der Waals surface area contributed by atoms with E-state index < -0.39 is 0 Å². The second-order valence-electron chi connectivity index (χ2n) is 6.60. The lowest BCUT2D eigenvalue weighted by molar-refractivity contribution is 0.0383. The molecule has 1 aromatic heterocycles. The van der Waals surface area contributed by atoms with Gasteiger partial charge in [-0.15, -0.1) is 0 Å². The lowest BCUT2D eigenvalue weighted by atomic mass is 10.1. The van der Waals surface area contributed by atoms with Crippen molar-refractivity contribution in [3.05, 3.63) is 59.4 Å². The predicted molar refractivity (Wildman–Crippen MR) is 108 cm³/mol. The summed E-state index contributed by atoms with van der Waals surface area (Å²) < 4.78 is 5.32. The molecule has 1 aliphatic heterocycles. The molecule has 2 aromatic rings. The van der Waals surface area contributed by atoms with Crippen LogP contribution in [0.25, 0.3) is 0 Å². The normalized spacial score (nSPS) is 14.5. The third-order valence-corrected chi connectivity index (χ3v) is 4.72. The molecular formula is C21H26N4O3. The number of carbonyl (C=O) groups is 2. The van der Waals surface area contributed by atoms with Crippen LogP contribution in [0.4, 0.5) is 5.69 Å². The Bertz CT molecular complexity index is 819. The van der Waals surface area contributed by atoms with Crippen LogP contribution in [0.3, 0.4) is 0 Å². The number of aromatic nitrogens is 1. The number of nitrogens with zero attached hydrogens (tertiary/aromatic N) is 2. The molecule has 7 heteroatoms. The summed E-state index contributed by atoms with van der Waals surface area (Å²) in [6, 6.07) is 10.8. The highest BCUT2D eigenvalue weighted by molar-refractivity contribution is 6.05. The highest BCUT2D eigenvalue weighted by Crippen LogP contribution is 2.16. The monoisotopic (exact) mass is 382 g/mol. The number of anilines is 1. The molecular weight excluding hydrogens is 356 g/mol. The first-order valence-corrected chi connectivity index (χ1v) is 9.61. The van der Waals surface area contributed by atoms with E-state index >= 15 is 0 Å². The van der Waals surface area contributed by atoms with Gasteiger partial charge in [0.1, 0.15) is 5.69 Å². The Kier molecular flexibility index (Phi) is 7.11. The summed E-state index contributed by atoms with van der Waals surface area (Å²) in [4.78, 5) is 31.3. The number of nitrogens with one attached hydrogen (secondary N) is 2. The van der Waals surface area contributed by atoms with E-state index in [0.717, 1.165) is 50.5 Å². The second-order valence-corrected chi connectivity index (χ2v) is 6.60. The maximum atomic E-state index is 12.6. The van der Waals surface area contributed by atoms with Crippen molar-refractivity contribution in [1.29, 1.82) is 0 Å². The van der Waals surface area contributed by atoms with Gasteiger partial charge in [0.05, 0.1) is 13.2 Å². The summed E-state index contributed by atoms with van der Waals surface area (Å²) in [7, 11) is 0. The maximum Gasteiger partial charge on any atom is 0.274 e. The zero-order chi connectivity index (χ0) is 19.8. The topological polar surface area (TPSA) is 83.6 Å². The van der Waals surface area contributed by atoms with Gasteiger partial charge in [-0.05, 0) is 30.2 Å². The molecule has 0 saturated carbocycles. The molecule has 0 aliphatic carbocycles. The van der Waals surface area contributed by atoms with Crippen LogP contribution in [0, 0.1) is 0 Å². The second kappa shape index (κ2) is 9.96. The highest BCUT2D eigenvalue weighted by Gasteiger charge is 2.14. The number of aryl methyl sites for hydroxylation is 1. The van der Waals surface area contributed by atoms with E-state index in [2.05, 4.69) is 20.5 Å². The molecule has 7 nitrogen and oxygen atoms in total. The number of amides is 2. The number of benzene rings is 1. The third kappa shape index (κ3) is 5.37. The minimum absolute atomic E-state index is 0.210. The van der Waals surface area contributed by atoms with Crippen molar-refractivity contribution in [1.82, 2.24) is 15.2 Å². The third-order valence-electron chi connectivity index (χ3n) is 4.72. The van der Waals surface area contributed by atoms with E-state index in [9.17, 15) is 9.59 Å². The Morgan fingerprint density at radius 2 is 1.93 bits per heavy atom. The SMILES string of the molecule is CCc1ccccc1NC(=O)c1cc(C(=O)NCCN2CCOCC2)ccn1. The van der Waals surface area contributed by atoms with Gasteiger partial charge in [-0.3, -0.25) is 19.5 Å². The summed E-state index contributed by atoms with van der Waals surface area (Å²) in [5.74, 6) is -0.539. The first kappa shape index (κ1) is 20.0. The number of hydrogen-bond donors (Lipinski definition) is 2. The van der Waals surface area contributed by atoms with Gasteiger partial charge in [0.25, 0.3) is 11.8 Å². The summed E-state index contributed by atoms with van der Waals surface area (Å²) in [5, 5.41) is 5.78. The van der Waals surface area contributed by atoms with Gasteiger partial charge in [0, 0.05) is 43.6 Å². The number of hydrogen-bond acceptors (Lipinski definition) is 5. The number of ether oxygens (including phenoxy) is 1. The van der Waals surface area contributed by atoms with Crippen molar-refractivity contribution in [2.45, 2.75) is 13.3 Å². The fourth-order valence-corrected chi connectivity index (χ4v) is 3.09. The molecule has 0 bridgehead atoms. The van der Waals surface area contributed by atoms with Crippen molar-refractivity contribution in [3.8, 4) is 0 Å². The van der Waals surface area contributed by atoms with Crippen LogP contribution in [0.2, 0.25) is 0 Å². The molecule has 28 heavy (non-hydrogen) atoms. The molecule has 2 N–H and O–H groups in total. The molecule has 2 amide bonds. The average Bonchev–Trinajstić information content (AvgIpc) is 2.75. The van der Waals surface area contributed by atoms with Gasteiger partial charge in [0.15, 0.2) is 0 Å². The van der Waals surface area contributed by atoms with Crippen molar-refractivity contribution < 1.29 is 14.3 Å². The quantitative estimate of drug-likeness (QED) is 0.765. The summed E-state index contributed by atoms with van der Waals surface area (Å²) in [6.45, 7) is 6.60. The van der Waals surface area contributed by atoms with Crippen LogP contribution in [-0.2, 0) is 11.2 Å². The molecule has 0 atom stereocenters. The maximum absolute atomic E-state index is 12.6. The Labute approximate surface area is 165 Å². The van der Waals surface area contributed by atoms with E-state index in [0.29, 0.717) is 12.1 Å². The largest absolute Gasteiger partial charge is 0.379 e. The van der Waals surface area contributed by atoms with Gasteiger partial charge in [-0.2, -0.15) is 0 Å². The van der Waals surface area contributed by atoms with Crippen LogP contribution in [0.5, 0.6) is 0 Å². The average molecular weight is 382 g/mol. The van der Waals surface area contributed by atoms with E-state index in [1.807, 2.05) is 31.2 Å². The Hall–Kier alpha value is -2.77. The van der Waals surface area contributed by atoms with Gasteiger partial charge in [-0.25, -0.2) is 0 Å². The Morgan fingerprint density at radius 3 is 2.71 bits per heavy atom. The number of carbonyl (C=O) groups excluding carboxylic acids is 2. The molecule has 0 spiro atoms. The highest BCUT2D eigenvalue weighted by atomic mass is 16.5. The van der Waals surface area contributed by atoms with Crippen molar-refractivity contribution >= 4 is 17.5 Å². The van der Waals surface area contributed by atoms with Crippen LogP contribution in [0.1, 0.15) is 33.3 Å².